The van der Waals surface area contributed by atoms with Gasteiger partial charge in [0.2, 0.25) is 21.7 Å². The first-order valence-electron chi connectivity index (χ1n) is 12.9. The van der Waals surface area contributed by atoms with Crippen molar-refractivity contribution >= 4 is 9.84 Å². The summed E-state index contributed by atoms with van der Waals surface area (Å²) < 4.78 is 42.3. The molecule has 39 heavy (non-hydrogen) atoms. The molecule has 0 aliphatic rings. The zero-order valence-electron chi connectivity index (χ0n) is 22.4. The molecule has 2 aromatic heterocycles. The summed E-state index contributed by atoms with van der Waals surface area (Å²) in [5.41, 5.74) is 1.78. The predicted octanol–water partition coefficient (Wildman–Crippen LogP) is 5.88. The number of aromatic nitrogens is 3. The van der Waals surface area contributed by atoms with Crippen molar-refractivity contribution in [2.45, 2.75) is 62.8 Å². The van der Waals surface area contributed by atoms with E-state index in [1.807, 2.05) is 51.1 Å². The molecular formula is C30H32FN3O4S. The summed E-state index contributed by atoms with van der Waals surface area (Å²) in [4.78, 5) is 21.1. The highest BCUT2D eigenvalue weighted by Gasteiger charge is 2.31. The number of hydrogen-bond donors (Lipinski definition) is 1. The number of nitrogens with zero attached hydrogens (tertiary/aromatic N) is 3. The molecule has 0 radical (unpaired) electrons. The molecule has 0 aliphatic heterocycles. The normalized spacial score (nSPS) is 12.6. The molecule has 0 amide bonds. The van der Waals surface area contributed by atoms with Crippen LogP contribution >= 0.6 is 0 Å². The first-order chi connectivity index (χ1) is 18.5. The Morgan fingerprint density at radius 3 is 2.23 bits per heavy atom. The molecule has 0 saturated heterocycles. The second kappa shape index (κ2) is 11.5. The monoisotopic (exact) mass is 549 g/mol. The molecule has 1 atom stereocenters. The Balaban J connectivity index is 1.85. The van der Waals surface area contributed by atoms with Crippen molar-refractivity contribution < 1.29 is 17.9 Å². The van der Waals surface area contributed by atoms with Gasteiger partial charge in [0, 0.05) is 17.7 Å². The third-order valence-electron chi connectivity index (χ3n) is 6.75. The largest absolute Gasteiger partial charge is 0.492 e. The van der Waals surface area contributed by atoms with Crippen LogP contribution in [0.4, 0.5) is 4.39 Å². The molecule has 204 valence electrons. The van der Waals surface area contributed by atoms with E-state index in [2.05, 4.69) is 9.97 Å². The maximum absolute atomic E-state index is 14.0. The van der Waals surface area contributed by atoms with Crippen LogP contribution in [0, 0.1) is 18.8 Å². The number of aromatic hydroxyl groups is 1. The summed E-state index contributed by atoms with van der Waals surface area (Å²) in [5, 5.41) is 10.8. The summed E-state index contributed by atoms with van der Waals surface area (Å²) in [5.74, 6) is -0.750. The predicted molar refractivity (Wildman–Crippen MR) is 148 cm³/mol. The maximum atomic E-state index is 14.0. The highest BCUT2D eigenvalue weighted by molar-refractivity contribution is 7.91. The zero-order valence-corrected chi connectivity index (χ0v) is 23.2. The Kier molecular flexibility index (Phi) is 8.30. The van der Waals surface area contributed by atoms with Crippen molar-refractivity contribution in [3.8, 4) is 17.0 Å². The van der Waals surface area contributed by atoms with E-state index in [0.29, 0.717) is 47.8 Å². The number of sulfone groups is 1. The Bertz CT molecular complexity index is 1630. The van der Waals surface area contributed by atoms with Gasteiger partial charge in [-0.15, -0.1) is 0 Å². The summed E-state index contributed by atoms with van der Waals surface area (Å²) in [6.07, 6.45) is 1.64. The number of hydrogen-bond acceptors (Lipinski definition) is 6. The molecule has 7 nitrogen and oxygen atoms in total. The minimum absolute atomic E-state index is 0.164. The van der Waals surface area contributed by atoms with E-state index < -0.39 is 38.2 Å². The van der Waals surface area contributed by atoms with E-state index in [4.69, 9.17) is 0 Å². The van der Waals surface area contributed by atoms with E-state index in [1.165, 1.54) is 22.8 Å². The number of aryl methyl sites for hydroxylation is 2. The molecule has 0 fully saturated rings. The Labute approximate surface area is 228 Å². The number of rotatable bonds is 9. The summed E-state index contributed by atoms with van der Waals surface area (Å²) >= 11 is 0. The van der Waals surface area contributed by atoms with Crippen molar-refractivity contribution in [2.75, 3.05) is 0 Å². The third-order valence-corrected chi connectivity index (χ3v) is 8.54. The molecule has 9 heteroatoms. The standard InChI is InChI=1S/C30H32FN3O4S/c1-5-25(22-9-7-6-8-10-22)34-27(18-11-19(2)3)33-29(35)28(30(34)36)39(37,38)23-14-12-21(13-15-23)24-16-17-26(31)32-20(24)4/h6-10,12-17,19,25,35H,5,11,18H2,1-4H3. The van der Waals surface area contributed by atoms with Crippen molar-refractivity contribution in [3.63, 3.8) is 0 Å². The van der Waals surface area contributed by atoms with Crippen molar-refractivity contribution in [3.05, 3.63) is 100 Å². The van der Waals surface area contributed by atoms with Gasteiger partial charge >= 0.3 is 0 Å². The smallest absolute Gasteiger partial charge is 0.277 e. The highest BCUT2D eigenvalue weighted by Crippen LogP contribution is 2.30. The van der Waals surface area contributed by atoms with Crippen molar-refractivity contribution in [1.82, 2.24) is 14.5 Å². The van der Waals surface area contributed by atoms with E-state index in [9.17, 15) is 22.7 Å². The lowest BCUT2D eigenvalue weighted by Crippen LogP contribution is -2.33. The first-order valence-corrected chi connectivity index (χ1v) is 14.4. The Morgan fingerprint density at radius 2 is 1.64 bits per heavy atom. The Hall–Kier alpha value is -3.85. The second-order valence-electron chi connectivity index (χ2n) is 9.92. The second-order valence-corrected chi connectivity index (χ2v) is 11.8. The summed E-state index contributed by atoms with van der Waals surface area (Å²) in [6, 6.07) is 17.6. The van der Waals surface area contributed by atoms with E-state index in [1.54, 1.807) is 25.1 Å². The van der Waals surface area contributed by atoms with Crippen LogP contribution in [0.2, 0.25) is 0 Å². The highest BCUT2D eigenvalue weighted by atomic mass is 32.2. The molecular weight excluding hydrogens is 517 g/mol. The quantitative estimate of drug-likeness (QED) is 0.262. The fraction of sp³-hybridized carbons (Fsp3) is 0.300. The van der Waals surface area contributed by atoms with E-state index >= 15 is 0 Å². The van der Waals surface area contributed by atoms with Gasteiger partial charge < -0.3 is 5.11 Å². The van der Waals surface area contributed by atoms with Gasteiger partial charge in [0.15, 0.2) is 4.90 Å². The van der Waals surface area contributed by atoms with Crippen molar-refractivity contribution in [1.29, 1.82) is 0 Å². The number of pyridine rings is 1. The molecule has 2 aromatic carbocycles. The lowest BCUT2D eigenvalue weighted by atomic mass is 10.0. The van der Waals surface area contributed by atoms with Gasteiger partial charge in [0.05, 0.1) is 10.9 Å². The Morgan fingerprint density at radius 1 is 0.974 bits per heavy atom. The van der Waals surface area contributed by atoms with Crippen LogP contribution in [-0.4, -0.2) is 28.1 Å². The van der Waals surface area contributed by atoms with Gasteiger partial charge in [-0.3, -0.25) is 9.36 Å². The molecule has 4 rings (SSSR count). The van der Waals surface area contributed by atoms with Gasteiger partial charge in [0.25, 0.3) is 5.56 Å². The fourth-order valence-corrected chi connectivity index (χ4v) is 6.05. The molecule has 2 heterocycles. The number of halogens is 1. The van der Waals surface area contributed by atoms with Crippen LogP contribution in [-0.2, 0) is 16.3 Å². The van der Waals surface area contributed by atoms with Crippen LogP contribution in [0.25, 0.3) is 11.1 Å². The van der Waals surface area contributed by atoms with E-state index in [0.717, 1.165) is 5.56 Å². The fourth-order valence-electron chi connectivity index (χ4n) is 4.71. The van der Waals surface area contributed by atoms with Gasteiger partial charge in [-0.2, -0.15) is 9.37 Å². The third kappa shape index (κ3) is 5.78. The van der Waals surface area contributed by atoms with Crippen LogP contribution in [0.15, 0.2) is 81.3 Å². The molecule has 0 saturated carbocycles. The molecule has 0 aliphatic carbocycles. The topological polar surface area (TPSA) is 102 Å². The number of benzene rings is 2. The van der Waals surface area contributed by atoms with Crippen LogP contribution < -0.4 is 5.56 Å². The average Bonchev–Trinajstić information content (AvgIpc) is 2.89. The minimum atomic E-state index is -4.43. The first kappa shape index (κ1) is 28.2. The summed E-state index contributed by atoms with van der Waals surface area (Å²) in [7, 11) is -4.43. The lowest BCUT2D eigenvalue weighted by Gasteiger charge is -2.23. The van der Waals surface area contributed by atoms with Gasteiger partial charge in [-0.25, -0.2) is 13.4 Å². The molecule has 1 N–H and O–H groups in total. The van der Waals surface area contributed by atoms with E-state index in [-0.39, 0.29) is 4.90 Å². The zero-order chi connectivity index (χ0) is 28.3. The molecule has 0 bridgehead atoms. The average molecular weight is 550 g/mol. The van der Waals surface area contributed by atoms with Gasteiger partial charge in [0.1, 0.15) is 5.82 Å². The maximum Gasteiger partial charge on any atom is 0.277 e. The molecule has 0 spiro atoms. The van der Waals surface area contributed by atoms with Gasteiger partial charge in [-0.05, 0) is 61.1 Å². The molecule has 4 aromatic rings. The SMILES string of the molecule is CCC(c1ccccc1)n1c(CCC(C)C)nc(O)c(S(=O)(=O)c2ccc(-c3ccc(F)nc3C)cc2)c1=O. The van der Waals surface area contributed by atoms with Gasteiger partial charge in [-0.1, -0.05) is 63.2 Å². The van der Waals surface area contributed by atoms with Crippen LogP contribution in [0.5, 0.6) is 5.88 Å². The van der Waals surface area contributed by atoms with Crippen LogP contribution in [0.3, 0.4) is 0 Å². The van der Waals surface area contributed by atoms with Crippen molar-refractivity contribution in [2.24, 2.45) is 5.92 Å². The minimum Gasteiger partial charge on any atom is -0.492 e. The van der Waals surface area contributed by atoms with Crippen LogP contribution in [0.1, 0.15) is 56.7 Å². The molecule has 1 unspecified atom stereocenters. The lowest BCUT2D eigenvalue weighted by molar-refractivity contribution is 0.403. The summed E-state index contributed by atoms with van der Waals surface area (Å²) in [6.45, 7) is 7.67.